The van der Waals surface area contributed by atoms with Gasteiger partial charge in [-0.05, 0) is 19.1 Å². The van der Waals surface area contributed by atoms with Crippen LogP contribution in [0, 0.1) is 0 Å². The van der Waals surface area contributed by atoms with Crippen LogP contribution in [-0.4, -0.2) is 23.4 Å². The molecule has 1 aliphatic heterocycles. The normalized spacial score (nSPS) is 15.8. The lowest BCUT2D eigenvalue weighted by Crippen LogP contribution is -2.20. The Labute approximate surface area is 92.8 Å². The Balaban J connectivity index is 2.42. The van der Waals surface area contributed by atoms with Gasteiger partial charge >= 0.3 is 5.97 Å². The number of hydrogen-bond donors (Lipinski definition) is 1. The van der Waals surface area contributed by atoms with Gasteiger partial charge in [0.05, 0.1) is 6.54 Å². The largest absolute Gasteiger partial charge is 0.477 e. The number of carbonyl (C=O) groups excluding carboxylic acids is 1. The van der Waals surface area contributed by atoms with E-state index in [0.29, 0.717) is 5.70 Å². The average Bonchev–Trinajstić information content (AvgIpc) is 2.55. The summed E-state index contributed by atoms with van der Waals surface area (Å²) in [5.74, 6) is -1.49. The Morgan fingerprint density at radius 3 is 2.44 bits per heavy atom. The zero-order chi connectivity index (χ0) is 11.7. The van der Waals surface area contributed by atoms with E-state index in [1.165, 1.54) is 0 Å². The van der Waals surface area contributed by atoms with Crippen LogP contribution < -0.4 is 4.90 Å². The maximum atomic E-state index is 11.5. The first kappa shape index (κ1) is 10.4. The number of carboxylic acid groups (broad SMARTS) is 1. The first-order valence-electron chi connectivity index (χ1n) is 4.91. The maximum Gasteiger partial charge on any atom is 0.341 e. The van der Waals surface area contributed by atoms with Gasteiger partial charge < -0.3 is 10.0 Å². The fourth-order valence-corrected chi connectivity index (χ4v) is 1.84. The van der Waals surface area contributed by atoms with Crippen molar-refractivity contribution in [1.82, 2.24) is 0 Å². The molecule has 82 valence electrons. The molecule has 0 aromatic heterocycles. The lowest BCUT2D eigenvalue weighted by molar-refractivity contribution is -0.134. The number of para-hydroxylation sites is 1. The third-order valence-corrected chi connectivity index (χ3v) is 2.63. The van der Waals surface area contributed by atoms with Crippen molar-refractivity contribution in [3.05, 3.63) is 41.6 Å². The quantitative estimate of drug-likeness (QED) is 0.761. The Morgan fingerprint density at radius 1 is 1.31 bits per heavy atom. The third kappa shape index (κ3) is 1.58. The smallest absolute Gasteiger partial charge is 0.341 e. The topological polar surface area (TPSA) is 57.6 Å². The molecule has 0 atom stereocenters. The van der Waals surface area contributed by atoms with E-state index in [1.807, 2.05) is 30.3 Å². The molecule has 0 unspecified atom stereocenters. The number of ketones is 1. The van der Waals surface area contributed by atoms with E-state index in [1.54, 1.807) is 11.8 Å². The number of anilines is 1. The lowest BCUT2D eigenvalue weighted by atomic mass is 10.2. The summed E-state index contributed by atoms with van der Waals surface area (Å²) in [6, 6.07) is 9.28. The van der Waals surface area contributed by atoms with Gasteiger partial charge in [-0.15, -0.1) is 0 Å². The summed E-state index contributed by atoms with van der Waals surface area (Å²) >= 11 is 0. The number of hydrogen-bond acceptors (Lipinski definition) is 3. The summed E-state index contributed by atoms with van der Waals surface area (Å²) in [7, 11) is 0. The molecule has 0 amide bonds. The second-order valence-electron chi connectivity index (χ2n) is 3.61. The first-order chi connectivity index (χ1) is 7.61. The van der Waals surface area contributed by atoms with Crippen molar-refractivity contribution in [2.75, 3.05) is 11.4 Å². The molecule has 1 aromatic carbocycles. The fraction of sp³-hybridized carbons (Fsp3) is 0.167. The molecule has 4 nitrogen and oxygen atoms in total. The molecule has 0 saturated heterocycles. The van der Waals surface area contributed by atoms with Gasteiger partial charge in [0.15, 0.2) is 5.78 Å². The molecule has 4 heteroatoms. The van der Waals surface area contributed by atoms with E-state index in [9.17, 15) is 9.59 Å². The Kier molecular flexibility index (Phi) is 2.48. The summed E-state index contributed by atoms with van der Waals surface area (Å²) in [5.41, 5.74) is 1.23. The van der Waals surface area contributed by atoms with Crippen molar-refractivity contribution in [2.45, 2.75) is 6.92 Å². The van der Waals surface area contributed by atoms with Crippen molar-refractivity contribution in [1.29, 1.82) is 0 Å². The molecule has 1 aliphatic rings. The third-order valence-electron chi connectivity index (χ3n) is 2.63. The molecule has 2 rings (SSSR count). The molecule has 0 aliphatic carbocycles. The number of aliphatic carboxylic acids is 1. The van der Waals surface area contributed by atoms with Crippen molar-refractivity contribution >= 4 is 17.4 Å². The second-order valence-corrected chi connectivity index (χ2v) is 3.61. The van der Waals surface area contributed by atoms with E-state index >= 15 is 0 Å². The van der Waals surface area contributed by atoms with Gasteiger partial charge in [-0.2, -0.15) is 0 Å². The van der Waals surface area contributed by atoms with Gasteiger partial charge in [0, 0.05) is 11.4 Å². The molecule has 1 heterocycles. The fourth-order valence-electron chi connectivity index (χ4n) is 1.84. The Hall–Kier alpha value is -2.10. The molecular formula is C12H11NO3. The van der Waals surface area contributed by atoms with Crippen molar-refractivity contribution in [3.63, 3.8) is 0 Å². The SMILES string of the molecule is CC1=C(C(=O)O)C(=O)CN1c1ccccc1. The number of allylic oxidation sites excluding steroid dienone is 1. The molecule has 0 spiro atoms. The van der Waals surface area contributed by atoms with E-state index in [-0.39, 0.29) is 17.9 Å². The van der Waals surface area contributed by atoms with Crippen LogP contribution in [0.4, 0.5) is 5.69 Å². The summed E-state index contributed by atoms with van der Waals surface area (Å²) in [5, 5.41) is 8.91. The average molecular weight is 217 g/mol. The highest BCUT2D eigenvalue weighted by Gasteiger charge is 2.32. The highest BCUT2D eigenvalue weighted by molar-refractivity contribution is 6.21. The summed E-state index contributed by atoms with van der Waals surface area (Å²) < 4.78 is 0. The molecule has 16 heavy (non-hydrogen) atoms. The van der Waals surface area contributed by atoms with Crippen molar-refractivity contribution in [2.24, 2.45) is 0 Å². The van der Waals surface area contributed by atoms with Crippen molar-refractivity contribution in [3.8, 4) is 0 Å². The minimum atomic E-state index is -1.15. The molecule has 0 bridgehead atoms. The van der Waals surface area contributed by atoms with Gasteiger partial charge in [-0.3, -0.25) is 4.79 Å². The van der Waals surface area contributed by atoms with E-state index in [0.717, 1.165) is 5.69 Å². The highest BCUT2D eigenvalue weighted by atomic mass is 16.4. The standard InChI is InChI=1S/C12H11NO3/c1-8-11(12(15)16)10(14)7-13(8)9-5-3-2-4-6-9/h2-6H,7H2,1H3,(H,15,16). The number of Topliss-reactive ketones (excluding diaryl/α,β-unsaturated/α-hetero) is 1. The van der Waals surface area contributed by atoms with Crippen LogP contribution in [-0.2, 0) is 9.59 Å². The highest BCUT2D eigenvalue weighted by Crippen LogP contribution is 2.26. The zero-order valence-corrected chi connectivity index (χ0v) is 8.80. The molecule has 1 aromatic rings. The van der Waals surface area contributed by atoms with Crippen LogP contribution in [0.1, 0.15) is 6.92 Å². The van der Waals surface area contributed by atoms with Gasteiger partial charge in [0.1, 0.15) is 5.57 Å². The predicted octanol–water partition coefficient (Wildman–Crippen LogP) is 1.43. The van der Waals surface area contributed by atoms with Gasteiger partial charge in [-0.1, -0.05) is 18.2 Å². The first-order valence-corrected chi connectivity index (χ1v) is 4.91. The Bertz CT molecular complexity index is 476. The monoisotopic (exact) mass is 217 g/mol. The van der Waals surface area contributed by atoms with E-state index < -0.39 is 5.97 Å². The van der Waals surface area contributed by atoms with Crippen LogP contribution in [0.15, 0.2) is 41.6 Å². The Morgan fingerprint density at radius 2 is 1.94 bits per heavy atom. The number of rotatable bonds is 2. The minimum Gasteiger partial charge on any atom is -0.477 e. The summed E-state index contributed by atoms with van der Waals surface area (Å²) in [6.07, 6.45) is 0. The summed E-state index contributed by atoms with van der Waals surface area (Å²) in [6.45, 7) is 1.76. The molecule has 0 saturated carbocycles. The van der Waals surface area contributed by atoms with Crippen LogP contribution in [0.3, 0.4) is 0 Å². The van der Waals surface area contributed by atoms with Gasteiger partial charge in [-0.25, -0.2) is 4.79 Å². The van der Waals surface area contributed by atoms with Gasteiger partial charge in [0.25, 0.3) is 0 Å². The number of carbonyl (C=O) groups is 2. The number of benzene rings is 1. The van der Waals surface area contributed by atoms with Crippen LogP contribution in [0.5, 0.6) is 0 Å². The van der Waals surface area contributed by atoms with Crippen LogP contribution in [0.25, 0.3) is 0 Å². The number of carboxylic acids is 1. The summed E-state index contributed by atoms with van der Waals surface area (Å²) in [4.78, 5) is 24.1. The van der Waals surface area contributed by atoms with E-state index in [2.05, 4.69) is 0 Å². The molecule has 1 N–H and O–H groups in total. The minimum absolute atomic E-state index is 0.108. The predicted molar refractivity (Wildman–Crippen MR) is 59.1 cm³/mol. The second kappa shape index (κ2) is 3.81. The molecule has 0 fully saturated rings. The molecular weight excluding hydrogens is 206 g/mol. The van der Waals surface area contributed by atoms with Crippen LogP contribution >= 0.6 is 0 Å². The number of nitrogens with zero attached hydrogens (tertiary/aromatic N) is 1. The zero-order valence-electron chi connectivity index (χ0n) is 8.80. The lowest BCUT2D eigenvalue weighted by Gasteiger charge is -2.18. The van der Waals surface area contributed by atoms with E-state index in [4.69, 9.17) is 5.11 Å². The maximum absolute atomic E-state index is 11.5. The molecule has 0 radical (unpaired) electrons. The van der Waals surface area contributed by atoms with Crippen LogP contribution in [0.2, 0.25) is 0 Å². The van der Waals surface area contributed by atoms with Gasteiger partial charge in [0.2, 0.25) is 0 Å². The van der Waals surface area contributed by atoms with Crippen molar-refractivity contribution < 1.29 is 14.7 Å².